The van der Waals surface area contributed by atoms with Crippen molar-refractivity contribution in [3.63, 3.8) is 0 Å². The summed E-state index contributed by atoms with van der Waals surface area (Å²) in [5.41, 5.74) is 0.740. The quantitative estimate of drug-likeness (QED) is 0.449. The van der Waals surface area contributed by atoms with Crippen molar-refractivity contribution in [2.75, 3.05) is 13.1 Å². The Balaban J connectivity index is 2.55. The minimum absolute atomic E-state index is 0.331. The Bertz CT molecular complexity index is 165. The number of carbonyl (C=O) groups excluding carboxylic acids is 1. The third-order valence-electron chi connectivity index (χ3n) is 2.35. The van der Waals surface area contributed by atoms with Crippen LogP contribution in [0.15, 0.2) is 12.2 Å². The van der Waals surface area contributed by atoms with Crippen LogP contribution < -0.4 is 0 Å². The van der Waals surface area contributed by atoms with Crippen LogP contribution in [0.5, 0.6) is 0 Å². The Morgan fingerprint density at radius 1 is 1.82 bits per heavy atom. The highest BCUT2D eigenvalue weighted by Crippen LogP contribution is 2.20. The largest absolute Gasteiger partial charge is 0.298 e. The summed E-state index contributed by atoms with van der Waals surface area (Å²) in [6.07, 6.45) is 3.19. The van der Waals surface area contributed by atoms with E-state index in [1.54, 1.807) is 0 Å². The number of rotatable bonds is 3. The topological polar surface area (TPSA) is 20.3 Å². The predicted octanol–water partition coefficient (Wildman–Crippen LogP) is 1.23. The molecule has 1 fully saturated rings. The zero-order valence-corrected chi connectivity index (χ0v) is 7.05. The van der Waals surface area contributed by atoms with Crippen LogP contribution >= 0.6 is 0 Å². The molecule has 0 aromatic carbocycles. The number of likely N-dealkylation sites (tertiary alicyclic amines) is 1. The summed E-state index contributed by atoms with van der Waals surface area (Å²) in [7, 11) is 0. The van der Waals surface area contributed by atoms with Crippen LogP contribution in [0.4, 0.5) is 0 Å². The fourth-order valence-electron chi connectivity index (χ4n) is 1.70. The van der Waals surface area contributed by atoms with Crippen molar-refractivity contribution in [2.45, 2.75) is 25.8 Å². The van der Waals surface area contributed by atoms with Gasteiger partial charge in [0.25, 0.3) is 0 Å². The lowest BCUT2D eigenvalue weighted by Crippen LogP contribution is -2.30. The smallest absolute Gasteiger partial charge is 0.147 e. The van der Waals surface area contributed by atoms with Crippen LogP contribution in [-0.4, -0.2) is 30.3 Å². The zero-order chi connectivity index (χ0) is 8.27. The molecule has 2 heteroatoms. The molecule has 1 heterocycles. The van der Waals surface area contributed by atoms with Gasteiger partial charge in [0.2, 0.25) is 0 Å². The highest BCUT2D eigenvalue weighted by molar-refractivity contribution is 5.74. The van der Waals surface area contributed by atoms with E-state index in [1.165, 1.54) is 6.42 Å². The monoisotopic (exact) mass is 153 g/mol. The van der Waals surface area contributed by atoms with Gasteiger partial charge in [-0.3, -0.25) is 9.69 Å². The molecule has 0 spiro atoms. The van der Waals surface area contributed by atoms with Crippen LogP contribution in [0.3, 0.4) is 0 Å². The molecule has 0 amide bonds. The van der Waals surface area contributed by atoms with Crippen molar-refractivity contribution in [2.24, 2.45) is 0 Å². The fourth-order valence-corrected chi connectivity index (χ4v) is 1.70. The van der Waals surface area contributed by atoms with E-state index < -0.39 is 0 Å². The highest BCUT2D eigenvalue weighted by Gasteiger charge is 2.24. The Hall–Kier alpha value is -0.630. The molecule has 0 bridgehead atoms. The average molecular weight is 153 g/mol. The molecule has 11 heavy (non-hydrogen) atoms. The standard InChI is InChI=1S/C9H15NO/c1-3-10-6-4-5-9(10)8(2)7-11/h7,9H,2-6H2,1H3. The summed E-state index contributed by atoms with van der Waals surface area (Å²) >= 11 is 0. The van der Waals surface area contributed by atoms with E-state index in [9.17, 15) is 4.79 Å². The van der Waals surface area contributed by atoms with Gasteiger partial charge in [-0.15, -0.1) is 0 Å². The first-order chi connectivity index (χ1) is 5.29. The third-order valence-corrected chi connectivity index (χ3v) is 2.35. The normalized spacial score (nSPS) is 25.4. The maximum atomic E-state index is 10.4. The van der Waals surface area contributed by atoms with Gasteiger partial charge in [-0.25, -0.2) is 0 Å². The van der Waals surface area contributed by atoms with Gasteiger partial charge in [-0.1, -0.05) is 13.5 Å². The molecule has 0 aromatic heterocycles. The van der Waals surface area contributed by atoms with E-state index in [4.69, 9.17) is 0 Å². The molecular formula is C9H15NO. The summed E-state index contributed by atoms with van der Waals surface area (Å²) < 4.78 is 0. The summed E-state index contributed by atoms with van der Waals surface area (Å²) in [4.78, 5) is 12.7. The van der Waals surface area contributed by atoms with Crippen molar-refractivity contribution >= 4 is 6.29 Å². The first-order valence-electron chi connectivity index (χ1n) is 4.17. The van der Waals surface area contributed by atoms with Gasteiger partial charge in [0.05, 0.1) is 0 Å². The van der Waals surface area contributed by atoms with Crippen LogP contribution in [-0.2, 0) is 4.79 Å². The lowest BCUT2D eigenvalue weighted by molar-refractivity contribution is -0.105. The molecule has 1 atom stereocenters. The van der Waals surface area contributed by atoms with E-state index in [1.807, 2.05) is 0 Å². The van der Waals surface area contributed by atoms with Gasteiger partial charge in [0.1, 0.15) is 6.29 Å². The molecule has 0 N–H and O–H groups in total. The molecule has 0 saturated carbocycles. The SMILES string of the molecule is C=C(C=O)C1CCCN1CC. The van der Waals surface area contributed by atoms with Crippen molar-refractivity contribution in [1.82, 2.24) is 4.90 Å². The van der Waals surface area contributed by atoms with Gasteiger partial charge >= 0.3 is 0 Å². The zero-order valence-electron chi connectivity index (χ0n) is 7.05. The molecule has 1 unspecified atom stereocenters. The van der Waals surface area contributed by atoms with Crippen molar-refractivity contribution in [3.05, 3.63) is 12.2 Å². The van der Waals surface area contributed by atoms with Gasteiger partial charge in [0, 0.05) is 11.6 Å². The molecule has 1 rings (SSSR count). The van der Waals surface area contributed by atoms with E-state index in [-0.39, 0.29) is 0 Å². The van der Waals surface area contributed by atoms with E-state index >= 15 is 0 Å². The van der Waals surface area contributed by atoms with Crippen molar-refractivity contribution in [1.29, 1.82) is 0 Å². The Morgan fingerprint density at radius 2 is 2.55 bits per heavy atom. The molecule has 1 aliphatic heterocycles. The van der Waals surface area contributed by atoms with E-state index in [2.05, 4.69) is 18.4 Å². The van der Waals surface area contributed by atoms with Gasteiger partial charge < -0.3 is 0 Å². The molecule has 0 aromatic rings. The molecular weight excluding hydrogens is 138 g/mol. The maximum Gasteiger partial charge on any atom is 0.147 e. The predicted molar refractivity (Wildman–Crippen MR) is 45.5 cm³/mol. The second-order valence-corrected chi connectivity index (χ2v) is 2.98. The first-order valence-corrected chi connectivity index (χ1v) is 4.17. The maximum absolute atomic E-state index is 10.4. The Kier molecular flexibility index (Phi) is 2.83. The Morgan fingerprint density at radius 3 is 3.09 bits per heavy atom. The summed E-state index contributed by atoms with van der Waals surface area (Å²) in [5.74, 6) is 0. The van der Waals surface area contributed by atoms with Gasteiger partial charge in [-0.05, 0) is 25.9 Å². The van der Waals surface area contributed by atoms with Crippen molar-refractivity contribution in [3.8, 4) is 0 Å². The fraction of sp³-hybridized carbons (Fsp3) is 0.667. The van der Waals surface area contributed by atoms with Gasteiger partial charge in [0.15, 0.2) is 0 Å². The molecule has 0 aliphatic carbocycles. The number of nitrogens with zero attached hydrogens (tertiary/aromatic N) is 1. The van der Waals surface area contributed by atoms with Crippen LogP contribution in [0.25, 0.3) is 0 Å². The van der Waals surface area contributed by atoms with E-state index in [0.29, 0.717) is 6.04 Å². The first kappa shape index (κ1) is 8.47. The lowest BCUT2D eigenvalue weighted by Gasteiger charge is -2.21. The lowest BCUT2D eigenvalue weighted by atomic mass is 10.1. The average Bonchev–Trinajstić information content (AvgIpc) is 2.50. The minimum Gasteiger partial charge on any atom is -0.298 e. The molecule has 0 radical (unpaired) electrons. The van der Waals surface area contributed by atoms with E-state index in [0.717, 1.165) is 31.4 Å². The van der Waals surface area contributed by atoms with Crippen molar-refractivity contribution < 1.29 is 4.79 Å². The Labute approximate surface area is 67.9 Å². The number of aldehydes is 1. The molecule has 62 valence electrons. The highest BCUT2D eigenvalue weighted by atomic mass is 16.1. The summed E-state index contributed by atoms with van der Waals surface area (Å²) in [6.45, 7) is 8.01. The molecule has 1 aliphatic rings. The third kappa shape index (κ3) is 1.69. The second kappa shape index (κ2) is 3.67. The summed E-state index contributed by atoms with van der Waals surface area (Å²) in [5, 5.41) is 0. The number of hydrogen-bond acceptors (Lipinski definition) is 2. The summed E-state index contributed by atoms with van der Waals surface area (Å²) in [6, 6.07) is 0.331. The number of likely N-dealkylation sites (N-methyl/N-ethyl adjacent to an activating group) is 1. The van der Waals surface area contributed by atoms with Crippen LogP contribution in [0.1, 0.15) is 19.8 Å². The molecule has 2 nitrogen and oxygen atoms in total. The number of carbonyl (C=O) groups is 1. The minimum atomic E-state index is 0.331. The van der Waals surface area contributed by atoms with Crippen LogP contribution in [0.2, 0.25) is 0 Å². The number of hydrogen-bond donors (Lipinski definition) is 0. The second-order valence-electron chi connectivity index (χ2n) is 2.98. The van der Waals surface area contributed by atoms with Crippen LogP contribution in [0, 0.1) is 0 Å². The molecule has 1 saturated heterocycles. The van der Waals surface area contributed by atoms with Gasteiger partial charge in [-0.2, -0.15) is 0 Å².